The fraction of sp³-hybridized carbons (Fsp3) is 0.343. The van der Waals surface area contributed by atoms with Gasteiger partial charge >= 0.3 is 0 Å². The van der Waals surface area contributed by atoms with Crippen LogP contribution < -0.4 is 9.47 Å². The van der Waals surface area contributed by atoms with Crippen molar-refractivity contribution in [2.75, 3.05) is 23.7 Å². The predicted octanol–water partition coefficient (Wildman–Crippen LogP) is 8.08. The van der Waals surface area contributed by atoms with E-state index in [0.717, 1.165) is 29.6 Å². The molecule has 0 aliphatic heterocycles. The molecule has 0 bridgehead atoms. The number of rotatable bonds is 15. The van der Waals surface area contributed by atoms with E-state index in [1.807, 2.05) is 18.3 Å². The van der Waals surface area contributed by atoms with Crippen LogP contribution >= 0.6 is 0 Å². The first-order chi connectivity index (χ1) is 19.9. The zero-order chi connectivity index (χ0) is 29.1. The molecule has 0 aliphatic carbocycles. The first-order valence-corrected chi connectivity index (χ1v) is 16.5. The Morgan fingerprint density at radius 2 is 1.51 bits per heavy atom. The Hall–Kier alpha value is -3.48. The average molecular weight is 572 g/mol. The largest absolute Gasteiger partial charge is 0.372 e. The smallest absolute Gasteiger partial charge is 0.264 e. The maximum absolute atomic E-state index is 11.0. The topological polar surface area (TPSA) is 61.5 Å². The van der Waals surface area contributed by atoms with E-state index in [2.05, 4.69) is 102 Å². The first kappa shape index (κ1) is 30.5. The quantitative estimate of drug-likeness (QED) is 0.0678. The van der Waals surface area contributed by atoms with Crippen LogP contribution in [0, 0.1) is 0 Å². The molecule has 0 unspecified atom stereocenters. The number of aromatic nitrogens is 1. The minimum Gasteiger partial charge on any atom is -0.372 e. The molecule has 0 spiro atoms. The number of hydrogen-bond acceptors (Lipinski definition) is 3. The lowest BCUT2D eigenvalue weighted by atomic mass is 10.0. The first-order valence-electron chi connectivity index (χ1n) is 14.9. The summed E-state index contributed by atoms with van der Waals surface area (Å²) in [4.78, 5) is 2.53. The number of anilines is 1. The van der Waals surface area contributed by atoms with Crippen LogP contribution in [0.2, 0.25) is 0 Å². The summed E-state index contributed by atoms with van der Waals surface area (Å²) in [5.74, 6) is -0.201. The van der Waals surface area contributed by atoms with Crippen molar-refractivity contribution in [2.45, 2.75) is 58.9 Å². The molecule has 0 fully saturated rings. The SMILES string of the molecule is CCCCN(CCCC)c1ccc2cc(/C=C/C=C/c3cc[n+](CCCCS(=O)(=O)O)c4ccccc34)ccc2c1. The van der Waals surface area contributed by atoms with Crippen LogP contribution in [0.5, 0.6) is 0 Å². The highest BCUT2D eigenvalue weighted by molar-refractivity contribution is 7.85. The molecule has 1 aromatic heterocycles. The van der Waals surface area contributed by atoms with Crippen molar-refractivity contribution in [1.29, 1.82) is 0 Å². The predicted molar refractivity (Wildman–Crippen MR) is 174 cm³/mol. The maximum Gasteiger partial charge on any atom is 0.264 e. The Morgan fingerprint density at radius 3 is 2.27 bits per heavy atom. The Balaban J connectivity index is 1.44. The van der Waals surface area contributed by atoms with Gasteiger partial charge in [0.2, 0.25) is 5.52 Å². The van der Waals surface area contributed by atoms with Crippen molar-refractivity contribution >= 4 is 49.6 Å². The van der Waals surface area contributed by atoms with E-state index in [4.69, 9.17) is 4.55 Å². The van der Waals surface area contributed by atoms with Crippen LogP contribution in [0.25, 0.3) is 33.8 Å². The summed E-state index contributed by atoms with van der Waals surface area (Å²) in [7, 11) is -3.91. The van der Waals surface area contributed by atoms with Crippen LogP contribution in [0.15, 0.2) is 85.1 Å². The fourth-order valence-electron chi connectivity index (χ4n) is 5.16. The van der Waals surface area contributed by atoms with Crippen molar-refractivity contribution in [3.8, 4) is 0 Å². The van der Waals surface area contributed by atoms with Crippen LogP contribution in [0.3, 0.4) is 0 Å². The van der Waals surface area contributed by atoms with E-state index in [1.54, 1.807) is 0 Å². The molecule has 0 saturated carbocycles. The molecule has 5 nitrogen and oxygen atoms in total. The molecule has 41 heavy (non-hydrogen) atoms. The molecule has 4 aromatic rings. The Labute approximate surface area is 245 Å². The number of nitrogens with zero attached hydrogens (tertiary/aromatic N) is 2. The average Bonchev–Trinajstić information content (AvgIpc) is 2.97. The van der Waals surface area contributed by atoms with Gasteiger partial charge in [0, 0.05) is 37.3 Å². The van der Waals surface area contributed by atoms with Gasteiger partial charge in [0.25, 0.3) is 10.1 Å². The molecule has 1 heterocycles. The molecule has 0 saturated heterocycles. The Morgan fingerprint density at radius 1 is 0.805 bits per heavy atom. The summed E-state index contributed by atoms with van der Waals surface area (Å²) in [5.41, 5.74) is 4.72. The molecular weight excluding hydrogens is 528 g/mol. The van der Waals surface area contributed by atoms with Crippen molar-refractivity contribution < 1.29 is 17.5 Å². The second-order valence-electron chi connectivity index (χ2n) is 10.7. The van der Waals surface area contributed by atoms with Gasteiger partial charge in [-0.2, -0.15) is 13.0 Å². The summed E-state index contributed by atoms with van der Waals surface area (Å²) < 4.78 is 33.1. The standard InChI is InChI=1S/C35H42N2O3S/c1-3-5-22-36(23-6-4-2)33-20-19-31-27-29(17-18-32(31)28-33)13-7-8-14-30-21-25-37(24-11-12-26-41(38,39)40)35-16-10-9-15-34(30)35/h7-10,13-21,25,27-28H,3-6,11-12,22-24,26H2,1-2H3/p+1. The number of benzene rings is 3. The molecule has 0 amide bonds. The third-order valence-corrected chi connectivity index (χ3v) is 8.27. The van der Waals surface area contributed by atoms with E-state index >= 15 is 0 Å². The monoisotopic (exact) mass is 571 g/mol. The summed E-state index contributed by atoms with van der Waals surface area (Å²) in [5, 5.41) is 3.67. The minimum atomic E-state index is -3.91. The zero-order valence-electron chi connectivity index (χ0n) is 24.4. The second kappa shape index (κ2) is 14.9. The molecule has 6 heteroatoms. The van der Waals surface area contributed by atoms with Crippen LogP contribution in [-0.2, 0) is 16.7 Å². The van der Waals surface area contributed by atoms with Gasteiger partial charge in [0.05, 0.1) is 11.1 Å². The van der Waals surface area contributed by atoms with Gasteiger partial charge in [0.1, 0.15) is 6.54 Å². The van der Waals surface area contributed by atoms with Crippen molar-refractivity contribution in [1.82, 2.24) is 0 Å². The molecule has 0 radical (unpaired) electrons. The van der Waals surface area contributed by atoms with Gasteiger partial charge in [-0.25, -0.2) is 0 Å². The molecule has 0 aliphatic rings. The summed E-state index contributed by atoms with van der Waals surface area (Å²) in [6, 6.07) is 23.8. The molecule has 0 atom stereocenters. The fourth-order valence-corrected chi connectivity index (χ4v) is 5.73. The lowest BCUT2D eigenvalue weighted by Crippen LogP contribution is -2.34. The van der Waals surface area contributed by atoms with Gasteiger partial charge in [0.15, 0.2) is 6.20 Å². The number of hydrogen-bond donors (Lipinski definition) is 1. The third kappa shape index (κ3) is 9.00. The summed E-state index contributed by atoms with van der Waals surface area (Å²) in [6.45, 7) is 7.43. The molecule has 216 valence electrons. The highest BCUT2D eigenvalue weighted by atomic mass is 32.2. The molecule has 1 N–H and O–H groups in total. The van der Waals surface area contributed by atoms with Crippen LogP contribution in [0.1, 0.15) is 63.5 Å². The summed E-state index contributed by atoms with van der Waals surface area (Å²) in [6.07, 6.45) is 16.4. The zero-order valence-corrected chi connectivity index (χ0v) is 25.2. The second-order valence-corrected chi connectivity index (χ2v) is 12.3. The highest BCUT2D eigenvalue weighted by Gasteiger charge is 2.12. The van der Waals surface area contributed by atoms with E-state index in [0.29, 0.717) is 19.4 Å². The summed E-state index contributed by atoms with van der Waals surface area (Å²) >= 11 is 0. The number of aryl methyl sites for hydroxylation is 1. The number of pyridine rings is 1. The highest BCUT2D eigenvalue weighted by Crippen LogP contribution is 2.25. The van der Waals surface area contributed by atoms with Crippen molar-refractivity contribution in [3.63, 3.8) is 0 Å². The Bertz CT molecular complexity index is 1600. The molecule has 4 rings (SSSR count). The van der Waals surface area contributed by atoms with Gasteiger partial charge in [-0.15, -0.1) is 0 Å². The van der Waals surface area contributed by atoms with Crippen LogP contribution in [0.4, 0.5) is 5.69 Å². The maximum atomic E-state index is 11.0. The number of fused-ring (bicyclic) bond motifs is 2. The van der Waals surface area contributed by atoms with Gasteiger partial charge < -0.3 is 4.90 Å². The van der Waals surface area contributed by atoms with E-state index in [-0.39, 0.29) is 5.75 Å². The van der Waals surface area contributed by atoms with Gasteiger partial charge in [-0.1, -0.05) is 81.3 Å². The Kier molecular flexibility index (Phi) is 11.1. The van der Waals surface area contributed by atoms with Crippen molar-refractivity contribution in [2.24, 2.45) is 0 Å². The number of unbranched alkanes of at least 4 members (excludes halogenated alkanes) is 3. The minimum absolute atomic E-state index is 0.201. The van der Waals surface area contributed by atoms with Crippen molar-refractivity contribution in [3.05, 3.63) is 96.2 Å². The lowest BCUT2D eigenvalue weighted by Gasteiger charge is -2.25. The number of para-hydroxylation sites is 1. The normalized spacial score (nSPS) is 12.3. The number of allylic oxidation sites excluding steroid dienone is 2. The van der Waals surface area contributed by atoms with Crippen LogP contribution in [-0.4, -0.2) is 31.8 Å². The van der Waals surface area contributed by atoms with E-state index < -0.39 is 10.1 Å². The van der Waals surface area contributed by atoms with Gasteiger partial charge in [-0.3, -0.25) is 4.55 Å². The molecular formula is C35H43N2O3S+. The molecule has 3 aromatic carbocycles. The van der Waals surface area contributed by atoms with E-state index in [9.17, 15) is 8.42 Å². The van der Waals surface area contributed by atoms with E-state index in [1.165, 1.54) is 47.7 Å². The lowest BCUT2D eigenvalue weighted by molar-refractivity contribution is -0.671. The third-order valence-electron chi connectivity index (χ3n) is 7.46. The van der Waals surface area contributed by atoms with Gasteiger partial charge in [-0.05, 0) is 65.4 Å².